The summed E-state index contributed by atoms with van der Waals surface area (Å²) in [5.74, 6) is 0.836. The van der Waals surface area contributed by atoms with Crippen molar-refractivity contribution >= 4 is 15.9 Å². The zero-order valence-electron chi connectivity index (χ0n) is 18.2. The van der Waals surface area contributed by atoms with Crippen LogP contribution in [0.1, 0.15) is 53.7 Å². The van der Waals surface area contributed by atoms with Crippen molar-refractivity contribution < 1.29 is 29.9 Å². The van der Waals surface area contributed by atoms with Crippen LogP contribution in [0.25, 0.3) is 0 Å². The third-order valence-electron chi connectivity index (χ3n) is 6.52. The summed E-state index contributed by atoms with van der Waals surface area (Å²) in [6.07, 6.45) is -1.15. The van der Waals surface area contributed by atoms with Gasteiger partial charge in [-0.05, 0) is 79.0 Å². The summed E-state index contributed by atoms with van der Waals surface area (Å²) in [5.41, 5.74) is 5.38. The number of hydrogen-bond acceptors (Lipinski definition) is 6. The Morgan fingerprint density at radius 1 is 1.00 bits per heavy atom. The first kappa shape index (κ1) is 23.7. The van der Waals surface area contributed by atoms with Crippen molar-refractivity contribution in [2.75, 3.05) is 13.2 Å². The Hall–Kier alpha value is -1.48. The quantitative estimate of drug-likeness (QED) is 0.480. The van der Waals surface area contributed by atoms with Gasteiger partial charge in [-0.15, -0.1) is 0 Å². The smallest absolute Gasteiger partial charge is 0.119 e. The Bertz CT molecular complexity index is 929. The first-order valence-electron chi connectivity index (χ1n) is 11.3. The molecule has 6 nitrogen and oxygen atoms in total. The molecule has 1 saturated heterocycles. The Balaban J connectivity index is 1.72. The van der Waals surface area contributed by atoms with E-state index in [-0.39, 0.29) is 0 Å². The minimum atomic E-state index is -1.39. The number of halogens is 1. The summed E-state index contributed by atoms with van der Waals surface area (Å²) in [4.78, 5) is 0. The van der Waals surface area contributed by atoms with Crippen LogP contribution >= 0.6 is 15.9 Å². The lowest BCUT2D eigenvalue weighted by Gasteiger charge is -2.41. The van der Waals surface area contributed by atoms with Crippen LogP contribution in [0.2, 0.25) is 0 Å². The second kappa shape index (κ2) is 10.2. The maximum absolute atomic E-state index is 10.8. The molecule has 1 aliphatic heterocycles. The van der Waals surface area contributed by atoms with Gasteiger partial charge in [0, 0.05) is 4.47 Å². The molecule has 4 rings (SSSR count). The summed E-state index contributed by atoms with van der Waals surface area (Å²) in [6, 6.07) is 10.1. The molecule has 0 saturated carbocycles. The van der Waals surface area contributed by atoms with Gasteiger partial charge in [0.15, 0.2) is 0 Å². The van der Waals surface area contributed by atoms with Crippen LogP contribution in [0.4, 0.5) is 0 Å². The van der Waals surface area contributed by atoms with Crippen LogP contribution in [0, 0.1) is 0 Å². The molecule has 174 valence electrons. The molecule has 32 heavy (non-hydrogen) atoms. The highest BCUT2D eigenvalue weighted by molar-refractivity contribution is 9.10. The average Bonchev–Trinajstić information content (AvgIpc) is 2.81. The van der Waals surface area contributed by atoms with Crippen molar-refractivity contribution in [3.8, 4) is 5.75 Å². The Kier molecular flexibility index (Phi) is 7.54. The van der Waals surface area contributed by atoms with E-state index in [4.69, 9.17) is 9.47 Å². The molecule has 0 bridgehead atoms. The summed E-state index contributed by atoms with van der Waals surface area (Å²) in [6.45, 7) is 2.15. The van der Waals surface area contributed by atoms with Gasteiger partial charge in [0.2, 0.25) is 0 Å². The van der Waals surface area contributed by atoms with Gasteiger partial charge < -0.3 is 29.9 Å². The number of aliphatic hydroxyl groups is 4. The lowest BCUT2D eigenvalue weighted by molar-refractivity contribution is -0.231. The lowest BCUT2D eigenvalue weighted by atomic mass is 9.81. The molecule has 2 aliphatic rings. The van der Waals surface area contributed by atoms with Gasteiger partial charge in [-0.2, -0.15) is 0 Å². The van der Waals surface area contributed by atoms with E-state index in [1.54, 1.807) is 0 Å². The molecule has 1 aliphatic carbocycles. The van der Waals surface area contributed by atoms with Crippen LogP contribution in [-0.4, -0.2) is 58.1 Å². The third-order valence-corrected chi connectivity index (χ3v) is 7.51. The molecule has 4 N–H and O–H groups in total. The minimum absolute atomic E-state index is 0.431. The standard InChI is InChI=1S/C25H31BrO6/c1-2-31-16-9-7-14(8-10-16)11-15-12-19(17-5-3-4-6-18(17)21(15)26)25-24(30)23(29)22(28)20(13-27)32-25/h7-10,12,20,22-25,27-30H,2-6,11,13H2,1H3/t20-,22-,23+,24-,25+/m1/s1. The molecule has 7 heteroatoms. The van der Waals surface area contributed by atoms with Gasteiger partial charge in [0.25, 0.3) is 0 Å². The Morgan fingerprint density at radius 3 is 2.34 bits per heavy atom. The number of aliphatic hydroxyl groups excluding tert-OH is 4. The second-order valence-electron chi connectivity index (χ2n) is 8.61. The van der Waals surface area contributed by atoms with Crippen molar-refractivity contribution in [1.29, 1.82) is 0 Å². The first-order valence-corrected chi connectivity index (χ1v) is 12.1. The number of hydrogen-bond donors (Lipinski definition) is 4. The largest absolute Gasteiger partial charge is 0.494 e. The molecule has 1 fully saturated rings. The molecular formula is C25H31BrO6. The van der Waals surface area contributed by atoms with Gasteiger partial charge in [0.05, 0.1) is 13.2 Å². The highest BCUT2D eigenvalue weighted by Crippen LogP contribution is 2.41. The second-order valence-corrected chi connectivity index (χ2v) is 9.40. The SMILES string of the molecule is CCOc1ccc(Cc2cc([C@@H]3O[C@H](CO)[C@@H](O)[C@H](O)[C@H]3O)c3c(c2Br)CCCC3)cc1. The predicted octanol–water partition coefficient (Wildman–Crippen LogP) is 2.83. The summed E-state index contributed by atoms with van der Waals surface area (Å²) in [7, 11) is 0. The summed E-state index contributed by atoms with van der Waals surface area (Å²) in [5, 5.41) is 40.9. The maximum Gasteiger partial charge on any atom is 0.119 e. The molecule has 0 aromatic heterocycles. The normalized spacial score (nSPS) is 27.8. The minimum Gasteiger partial charge on any atom is -0.494 e. The molecule has 0 unspecified atom stereocenters. The van der Waals surface area contributed by atoms with Gasteiger partial charge in [-0.3, -0.25) is 0 Å². The van der Waals surface area contributed by atoms with Crippen LogP contribution in [0.15, 0.2) is 34.8 Å². The van der Waals surface area contributed by atoms with Crippen molar-refractivity contribution in [2.45, 2.75) is 69.5 Å². The number of ether oxygens (including phenoxy) is 2. The molecule has 5 atom stereocenters. The third kappa shape index (κ3) is 4.60. The van der Waals surface area contributed by atoms with Crippen molar-refractivity contribution in [3.05, 3.63) is 62.6 Å². The molecule has 1 heterocycles. The van der Waals surface area contributed by atoms with E-state index in [2.05, 4.69) is 15.9 Å². The highest BCUT2D eigenvalue weighted by Gasteiger charge is 2.45. The fraction of sp³-hybridized carbons (Fsp3) is 0.520. The number of fused-ring (bicyclic) bond motifs is 1. The average molecular weight is 507 g/mol. The van der Waals surface area contributed by atoms with E-state index >= 15 is 0 Å². The van der Waals surface area contributed by atoms with E-state index in [9.17, 15) is 20.4 Å². The molecular weight excluding hydrogens is 476 g/mol. The van der Waals surface area contributed by atoms with Gasteiger partial charge >= 0.3 is 0 Å². The molecule has 0 radical (unpaired) electrons. The summed E-state index contributed by atoms with van der Waals surface area (Å²) < 4.78 is 12.5. The lowest BCUT2D eigenvalue weighted by Crippen LogP contribution is -2.55. The van der Waals surface area contributed by atoms with Crippen molar-refractivity contribution in [2.24, 2.45) is 0 Å². The fourth-order valence-corrected chi connectivity index (χ4v) is 5.52. The van der Waals surface area contributed by atoms with Gasteiger partial charge in [-0.25, -0.2) is 0 Å². The van der Waals surface area contributed by atoms with Crippen LogP contribution < -0.4 is 4.74 Å². The fourth-order valence-electron chi connectivity index (χ4n) is 4.83. The van der Waals surface area contributed by atoms with Gasteiger partial charge in [0.1, 0.15) is 36.3 Å². The molecule has 2 aromatic carbocycles. The van der Waals surface area contributed by atoms with E-state index in [1.165, 1.54) is 5.56 Å². The zero-order valence-corrected chi connectivity index (χ0v) is 19.8. The van der Waals surface area contributed by atoms with Gasteiger partial charge in [-0.1, -0.05) is 34.1 Å². The Morgan fingerprint density at radius 2 is 1.69 bits per heavy atom. The zero-order chi connectivity index (χ0) is 22.8. The number of benzene rings is 2. The van der Waals surface area contributed by atoms with E-state index < -0.39 is 37.1 Å². The highest BCUT2D eigenvalue weighted by atomic mass is 79.9. The van der Waals surface area contributed by atoms with Crippen LogP contribution in [-0.2, 0) is 24.0 Å². The van der Waals surface area contributed by atoms with Crippen molar-refractivity contribution in [3.63, 3.8) is 0 Å². The van der Waals surface area contributed by atoms with E-state index in [0.717, 1.165) is 58.2 Å². The van der Waals surface area contributed by atoms with Crippen LogP contribution in [0.5, 0.6) is 5.75 Å². The van der Waals surface area contributed by atoms with E-state index in [0.29, 0.717) is 13.0 Å². The predicted molar refractivity (Wildman–Crippen MR) is 124 cm³/mol. The molecule has 0 amide bonds. The van der Waals surface area contributed by atoms with Crippen LogP contribution in [0.3, 0.4) is 0 Å². The van der Waals surface area contributed by atoms with Crippen molar-refractivity contribution in [1.82, 2.24) is 0 Å². The Labute approximate surface area is 196 Å². The van der Waals surface area contributed by atoms with E-state index in [1.807, 2.05) is 37.3 Å². The topological polar surface area (TPSA) is 99.4 Å². The molecule has 0 spiro atoms. The first-order chi connectivity index (χ1) is 15.4. The monoisotopic (exact) mass is 506 g/mol. The molecule has 2 aromatic rings. The number of rotatable bonds is 6. The summed E-state index contributed by atoms with van der Waals surface area (Å²) >= 11 is 3.83. The maximum atomic E-state index is 10.8.